The van der Waals surface area contributed by atoms with Crippen LogP contribution in [0.4, 0.5) is 0 Å². The number of carbonyl (C=O) groups excluding carboxylic acids is 1. The molecule has 3 atom stereocenters. The Morgan fingerprint density at radius 2 is 2.05 bits per heavy atom. The minimum atomic E-state index is -1.24. The summed E-state index contributed by atoms with van der Waals surface area (Å²) in [5, 5.41) is 17.9. The van der Waals surface area contributed by atoms with E-state index in [0.717, 1.165) is 32.2 Å². The molecule has 1 rings (SSSR count). The number of hydrogen-bond donors (Lipinski definition) is 2. The van der Waals surface area contributed by atoms with E-state index in [9.17, 15) is 4.79 Å². The number of nitrogens with zero attached hydrogens (tertiary/aromatic N) is 1. The third-order valence-corrected chi connectivity index (χ3v) is 4.04. The monoisotopic (exact) mass is 271 g/mol. The molecule has 0 aliphatic heterocycles. The summed E-state index contributed by atoms with van der Waals surface area (Å²) < 4.78 is 4.92. The number of hydrogen-bond acceptors (Lipinski definition) is 5. The van der Waals surface area contributed by atoms with Gasteiger partial charge >= 0.3 is 13.1 Å². The molecule has 1 aliphatic carbocycles. The van der Waals surface area contributed by atoms with E-state index in [1.165, 1.54) is 7.11 Å². The zero-order valence-electron chi connectivity index (χ0n) is 12.2. The van der Waals surface area contributed by atoms with E-state index in [1.807, 2.05) is 14.1 Å². The molecule has 2 N–H and O–H groups in total. The fourth-order valence-electron chi connectivity index (χ4n) is 3.09. The topological polar surface area (TPSA) is 70.0 Å². The van der Waals surface area contributed by atoms with Crippen molar-refractivity contribution in [2.45, 2.75) is 32.0 Å². The van der Waals surface area contributed by atoms with Gasteiger partial charge in [0.2, 0.25) is 0 Å². The van der Waals surface area contributed by atoms with Crippen molar-refractivity contribution in [3.05, 3.63) is 0 Å². The van der Waals surface area contributed by atoms with Gasteiger partial charge in [-0.15, -0.1) is 0 Å². The van der Waals surface area contributed by atoms with Gasteiger partial charge in [-0.1, -0.05) is 12.8 Å². The molecule has 0 radical (unpaired) electrons. The summed E-state index contributed by atoms with van der Waals surface area (Å²) in [4.78, 5) is 14.0. The predicted octanol–water partition coefficient (Wildman–Crippen LogP) is 0.616. The second-order valence-electron chi connectivity index (χ2n) is 5.89. The second kappa shape index (κ2) is 7.87. The van der Waals surface area contributed by atoms with Crippen molar-refractivity contribution in [3.8, 4) is 0 Å². The van der Waals surface area contributed by atoms with E-state index < -0.39 is 7.12 Å². The second-order valence-corrected chi connectivity index (χ2v) is 5.89. The fourth-order valence-corrected chi connectivity index (χ4v) is 3.09. The Balaban J connectivity index is 2.57. The first-order chi connectivity index (χ1) is 8.93. The van der Waals surface area contributed by atoms with Crippen LogP contribution in [-0.4, -0.2) is 55.8 Å². The Hall–Kier alpha value is -0.585. The maximum Gasteiger partial charge on any atom is 0.451 e. The van der Waals surface area contributed by atoms with Gasteiger partial charge < -0.3 is 19.7 Å². The molecule has 0 amide bonds. The predicted molar refractivity (Wildman–Crippen MR) is 74.5 cm³/mol. The number of rotatable bonds is 6. The van der Waals surface area contributed by atoms with E-state index >= 15 is 0 Å². The smallest absolute Gasteiger partial charge is 0.451 e. The van der Waals surface area contributed by atoms with Crippen molar-refractivity contribution < 1.29 is 19.6 Å². The minimum absolute atomic E-state index is 0.0537. The average molecular weight is 271 g/mol. The molecule has 0 unspecified atom stereocenters. The van der Waals surface area contributed by atoms with Gasteiger partial charge in [0.25, 0.3) is 0 Å². The van der Waals surface area contributed by atoms with Crippen molar-refractivity contribution in [1.82, 2.24) is 4.90 Å². The van der Waals surface area contributed by atoms with E-state index in [0.29, 0.717) is 18.2 Å². The first kappa shape index (κ1) is 16.5. The minimum Gasteiger partial charge on any atom is -0.469 e. The highest BCUT2D eigenvalue weighted by atomic mass is 16.5. The van der Waals surface area contributed by atoms with Gasteiger partial charge in [-0.2, -0.15) is 0 Å². The largest absolute Gasteiger partial charge is 0.469 e. The molecule has 6 heteroatoms. The van der Waals surface area contributed by atoms with Gasteiger partial charge in [-0.3, -0.25) is 4.79 Å². The van der Waals surface area contributed by atoms with Gasteiger partial charge in [0.05, 0.1) is 13.0 Å². The zero-order valence-corrected chi connectivity index (χ0v) is 12.2. The van der Waals surface area contributed by atoms with Crippen LogP contribution in [0, 0.1) is 17.8 Å². The zero-order chi connectivity index (χ0) is 14.4. The molecular formula is C13H26BNO4. The molecule has 0 bridgehead atoms. The molecule has 1 aliphatic rings. The van der Waals surface area contributed by atoms with Crippen LogP contribution in [0.5, 0.6) is 0 Å². The highest BCUT2D eigenvalue weighted by Crippen LogP contribution is 2.37. The van der Waals surface area contributed by atoms with E-state index in [2.05, 4.69) is 4.90 Å². The summed E-state index contributed by atoms with van der Waals surface area (Å²) in [6, 6.07) is 0. The molecule has 1 fully saturated rings. The Kier molecular flexibility index (Phi) is 6.82. The summed E-state index contributed by atoms with van der Waals surface area (Å²) >= 11 is 0. The van der Waals surface area contributed by atoms with Crippen LogP contribution in [-0.2, 0) is 9.53 Å². The van der Waals surface area contributed by atoms with Crippen LogP contribution < -0.4 is 0 Å². The number of esters is 1. The normalized spacial score (nSPS) is 27.4. The fraction of sp³-hybridized carbons (Fsp3) is 0.923. The number of methoxy groups -OCH3 is 1. The van der Waals surface area contributed by atoms with Gasteiger partial charge in [-0.05, 0) is 45.1 Å². The first-order valence-corrected chi connectivity index (χ1v) is 7.02. The molecule has 1 saturated carbocycles. The van der Waals surface area contributed by atoms with Crippen molar-refractivity contribution in [3.63, 3.8) is 0 Å². The Morgan fingerprint density at radius 1 is 1.37 bits per heavy atom. The van der Waals surface area contributed by atoms with Crippen LogP contribution in [0.2, 0.25) is 6.32 Å². The maximum atomic E-state index is 11.9. The third kappa shape index (κ3) is 5.51. The highest BCUT2D eigenvalue weighted by Gasteiger charge is 2.36. The van der Waals surface area contributed by atoms with Crippen molar-refractivity contribution in [1.29, 1.82) is 0 Å². The van der Waals surface area contributed by atoms with Crippen LogP contribution >= 0.6 is 0 Å². The van der Waals surface area contributed by atoms with Crippen molar-refractivity contribution >= 4 is 13.1 Å². The van der Waals surface area contributed by atoms with Gasteiger partial charge in [0.15, 0.2) is 0 Å². The van der Waals surface area contributed by atoms with Crippen LogP contribution in [0.15, 0.2) is 0 Å². The molecular weight excluding hydrogens is 245 g/mol. The summed E-state index contributed by atoms with van der Waals surface area (Å²) in [6.45, 7) is 0.898. The number of carbonyl (C=O) groups is 1. The standard InChI is InChI=1S/C13H26BNO4/c1-15(2)9-11-5-4-10(6-7-14(17)18)8-12(11)13(16)19-3/h10-12,17-18H,4-9H2,1-3H3/t10-,11-,12-/m0/s1. The lowest BCUT2D eigenvalue weighted by atomic mass is 9.70. The highest BCUT2D eigenvalue weighted by molar-refractivity contribution is 6.40. The average Bonchev–Trinajstić information content (AvgIpc) is 2.35. The van der Waals surface area contributed by atoms with Crippen LogP contribution in [0.25, 0.3) is 0 Å². The van der Waals surface area contributed by atoms with Gasteiger partial charge in [-0.25, -0.2) is 0 Å². The molecule has 0 saturated heterocycles. The van der Waals surface area contributed by atoms with Crippen molar-refractivity contribution in [2.75, 3.05) is 27.7 Å². The molecule has 19 heavy (non-hydrogen) atoms. The van der Waals surface area contributed by atoms with Crippen molar-refractivity contribution in [2.24, 2.45) is 17.8 Å². The summed E-state index contributed by atoms with van der Waals surface area (Å²) in [5.41, 5.74) is 0. The van der Waals surface area contributed by atoms with Gasteiger partial charge in [0.1, 0.15) is 0 Å². The molecule has 0 aromatic carbocycles. The van der Waals surface area contributed by atoms with Crippen LogP contribution in [0.3, 0.4) is 0 Å². The quantitative estimate of drug-likeness (QED) is 0.547. The SMILES string of the molecule is COC(=O)[C@H]1C[C@H](CCB(O)O)CC[C@H]1CN(C)C. The maximum absolute atomic E-state index is 11.9. The summed E-state index contributed by atoms with van der Waals surface area (Å²) in [7, 11) is 4.23. The molecule has 0 spiro atoms. The molecule has 0 aromatic heterocycles. The molecule has 5 nitrogen and oxygen atoms in total. The molecule has 0 heterocycles. The lowest BCUT2D eigenvalue weighted by Crippen LogP contribution is -2.37. The first-order valence-electron chi connectivity index (χ1n) is 7.02. The van der Waals surface area contributed by atoms with Gasteiger partial charge in [0, 0.05) is 6.54 Å². The van der Waals surface area contributed by atoms with E-state index in [4.69, 9.17) is 14.8 Å². The van der Waals surface area contributed by atoms with E-state index in [-0.39, 0.29) is 11.9 Å². The summed E-state index contributed by atoms with van der Waals surface area (Å²) in [6.07, 6.45) is 4.01. The Bertz CT molecular complexity index is 286. The lowest BCUT2D eigenvalue weighted by Gasteiger charge is -2.36. The lowest BCUT2D eigenvalue weighted by molar-refractivity contribution is -0.149. The number of ether oxygens (including phenoxy) is 1. The third-order valence-electron chi connectivity index (χ3n) is 4.04. The molecule has 110 valence electrons. The van der Waals surface area contributed by atoms with Crippen LogP contribution in [0.1, 0.15) is 25.7 Å². The molecule has 0 aromatic rings. The summed E-state index contributed by atoms with van der Waals surface area (Å²) in [5.74, 6) is 0.560. The van der Waals surface area contributed by atoms with E-state index in [1.54, 1.807) is 0 Å². The Morgan fingerprint density at radius 3 is 2.58 bits per heavy atom. The Labute approximate surface area is 116 Å².